The highest BCUT2D eigenvalue weighted by Gasteiger charge is 2.25. The van der Waals surface area contributed by atoms with E-state index in [1.165, 1.54) is 12.3 Å². The van der Waals surface area contributed by atoms with E-state index in [1.54, 1.807) is 37.3 Å². The van der Waals surface area contributed by atoms with Crippen molar-refractivity contribution in [3.63, 3.8) is 0 Å². The fraction of sp³-hybridized carbons (Fsp3) is 0.0588. The van der Waals surface area contributed by atoms with Crippen molar-refractivity contribution >= 4 is 29.0 Å². The highest BCUT2D eigenvalue weighted by Crippen LogP contribution is 2.34. The highest BCUT2D eigenvalue weighted by molar-refractivity contribution is 6.31. The number of hydrazine groups is 1. The molecule has 142 valence electrons. The van der Waals surface area contributed by atoms with E-state index in [1.807, 2.05) is 0 Å². The number of carbonyl (C=O) groups excluding carboxylic acids is 1. The third kappa shape index (κ3) is 4.30. The van der Waals surface area contributed by atoms with Crippen LogP contribution in [-0.4, -0.2) is 25.8 Å². The van der Waals surface area contributed by atoms with Crippen LogP contribution in [-0.2, 0) is 0 Å². The minimum Gasteiger partial charge on any atom is -0.434 e. The number of aryl methyl sites for hydroxylation is 1. The maximum absolute atomic E-state index is 12.1. The van der Waals surface area contributed by atoms with Gasteiger partial charge in [-0.3, -0.25) is 30.7 Å². The smallest absolute Gasteiger partial charge is 0.374 e. The number of hydrogen-bond acceptors (Lipinski definition) is 8. The quantitative estimate of drug-likeness (QED) is 0.475. The van der Waals surface area contributed by atoms with Gasteiger partial charge in [-0.25, -0.2) is 4.98 Å². The summed E-state index contributed by atoms with van der Waals surface area (Å²) in [4.78, 5) is 34.4. The summed E-state index contributed by atoms with van der Waals surface area (Å²) in [5.74, 6) is -0.822. The predicted molar refractivity (Wildman–Crippen MR) is 100 cm³/mol. The van der Waals surface area contributed by atoms with Crippen LogP contribution in [0.3, 0.4) is 0 Å². The number of carbonyl (C=O) groups is 1. The van der Waals surface area contributed by atoms with E-state index >= 15 is 0 Å². The van der Waals surface area contributed by atoms with Crippen LogP contribution in [0.4, 0.5) is 11.5 Å². The Hall–Kier alpha value is -3.79. The molecule has 0 aliphatic rings. The lowest BCUT2D eigenvalue weighted by Gasteiger charge is -2.10. The van der Waals surface area contributed by atoms with E-state index in [4.69, 9.17) is 16.3 Å². The lowest BCUT2D eigenvalue weighted by atomic mass is 10.2. The maximum Gasteiger partial charge on any atom is 0.374 e. The Bertz CT molecular complexity index is 1030. The van der Waals surface area contributed by atoms with Crippen molar-refractivity contribution in [3.05, 3.63) is 75.3 Å². The first-order chi connectivity index (χ1) is 13.5. The zero-order valence-electron chi connectivity index (χ0n) is 14.4. The molecule has 2 N–H and O–H groups in total. The van der Waals surface area contributed by atoms with Gasteiger partial charge in [-0.1, -0.05) is 17.7 Å². The summed E-state index contributed by atoms with van der Waals surface area (Å²) in [5, 5.41) is 12.1. The zero-order chi connectivity index (χ0) is 20.1. The standard InChI is InChI=1S/C17H13ClN6O4/c1-10-8-11(5-6-12(10)18)28-17-14(24(26)27)15(20-9-21-17)22-23-16(25)13-4-2-3-7-19-13/h2-9H,1H3,(H,23,25)(H,20,21,22). The van der Waals surface area contributed by atoms with Crippen molar-refractivity contribution in [2.24, 2.45) is 0 Å². The van der Waals surface area contributed by atoms with Gasteiger partial charge in [0.1, 0.15) is 17.8 Å². The minimum absolute atomic E-state index is 0.125. The number of amides is 1. The number of hydrogen-bond donors (Lipinski definition) is 2. The van der Waals surface area contributed by atoms with Gasteiger partial charge in [-0.2, -0.15) is 4.98 Å². The average Bonchev–Trinajstić information content (AvgIpc) is 2.69. The second-order valence-corrected chi connectivity index (χ2v) is 5.85. The maximum atomic E-state index is 12.1. The topological polar surface area (TPSA) is 132 Å². The Balaban J connectivity index is 1.84. The zero-order valence-corrected chi connectivity index (χ0v) is 15.2. The molecule has 0 radical (unpaired) electrons. The molecule has 0 bridgehead atoms. The third-order valence-electron chi connectivity index (χ3n) is 3.51. The van der Waals surface area contributed by atoms with E-state index in [-0.39, 0.29) is 17.4 Å². The van der Waals surface area contributed by atoms with E-state index in [0.29, 0.717) is 10.8 Å². The molecule has 0 atom stereocenters. The molecule has 0 aliphatic carbocycles. The van der Waals surface area contributed by atoms with E-state index in [9.17, 15) is 14.9 Å². The minimum atomic E-state index is -0.715. The Morgan fingerprint density at radius 3 is 2.71 bits per heavy atom. The largest absolute Gasteiger partial charge is 0.434 e. The van der Waals surface area contributed by atoms with Crippen molar-refractivity contribution < 1.29 is 14.5 Å². The summed E-state index contributed by atoms with van der Waals surface area (Å²) < 4.78 is 5.52. The Morgan fingerprint density at radius 1 is 1.21 bits per heavy atom. The normalized spacial score (nSPS) is 10.2. The van der Waals surface area contributed by atoms with Gasteiger partial charge < -0.3 is 4.74 Å². The van der Waals surface area contributed by atoms with Crippen molar-refractivity contribution in [3.8, 4) is 11.6 Å². The second-order valence-electron chi connectivity index (χ2n) is 5.44. The number of anilines is 1. The number of nitro groups is 1. The molecule has 0 saturated heterocycles. The highest BCUT2D eigenvalue weighted by atomic mass is 35.5. The van der Waals surface area contributed by atoms with Gasteiger partial charge >= 0.3 is 11.6 Å². The number of benzene rings is 1. The molecular weight excluding hydrogens is 388 g/mol. The molecule has 0 fully saturated rings. The fourth-order valence-corrected chi connectivity index (χ4v) is 2.28. The molecule has 11 heteroatoms. The molecule has 3 aromatic rings. The average molecular weight is 401 g/mol. The van der Waals surface area contributed by atoms with Crippen LogP contribution in [0.25, 0.3) is 0 Å². The predicted octanol–water partition coefficient (Wildman–Crippen LogP) is 3.29. The van der Waals surface area contributed by atoms with Crippen molar-refractivity contribution in [1.29, 1.82) is 0 Å². The van der Waals surface area contributed by atoms with E-state index < -0.39 is 16.5 Å². The number of pyridine rings is 1. The summed E-state index contributed by atoms with van der Waals surface area (Å²) in [5.41, 5.74) is 5.02. The molecular formula is C17H13ClN6O4. The number of ether oxygens (including phenoxy) is 1. The van der Waals surface area contributed by atoms with Crippen LogP contribution in [0.2, 0.25) is 5.02 Å². The second kappa shape index (κ2) is 8.27. The summed E-state index contributed by atoms with van der Waals surface area (Å²) in [7, 11) is 0. The number of nitrogens with one attached hydrogen (secondary N) is 2. The summed E-state index contributed by atoms with van der Waals surface area (Å²) in [6.45, 7) is 1.77. The Morgan fingerprint density at radius 2 is 2.04 bits per heavy atom. The molecule has 0 spiro atoms. The molecule has 0 unspecified atom stereocenters. The number of rotatable bonds is 6. The van der Waals surface area contributed by atoms with E-state index in [0.717, 1.165) is 11.9 Å². The monoisotopic (exact) mass is 400 g/mol. The van der Waals surface area contributed by atoms with Gasteiger partial charge in [-0.05, 0) is 42.8 Å². The Labute approximate surface area is 163 Å². The van der Waals surface area contributed by atoms with Crippen molar-refractivity contribution in [1.82, 2.24) is 20.4 Å². The lowest BCUT2D eigenvalue weighted by molar-refractivity contribution is -0.385. The van der Waals surface area contributed by atoms with Gasteiger partial charge in [0.15, 0.2) is 0 Å². The van der Waals surface area contributed by atoms with Gasteiger partial charge in [-0.15, -0.1) is 0 Å². The summed E-state index contributed by atoms with van der Waals surface area (Å²) in [6.07, 6.45) is 2.52. The fourth-order valence-electron chi connectivity index (χ4n) is 2.16. The molecule has 2 heterocycles. The van der Waals surface area contributed by atoms with Gasteiger partial charge in [0.2, 0.25) is 5.82 Å². The van der Waals surface area contributed by atoms with Crippen LogP contribution in [0, 0.1) is 17.0 Å². The van der Waals surface area contributed by atoms with Gasteiger partial charge in [0.05, 0.1) is 4.92 Å². The summed E-state index contributed by atoms with van der Waals surface area (Å²) in [6, 6.07) is 9.55. The molecule has 1 aromatic carbocycles. The number of aromatic nitrogens is 3. The molecule has 3 rings (SSSR count). The first kappa shape index (κ1) is 19.0. The van der Waals surface area contributed by atoms with Gasteiger partial charge in [0, 0.05) is 11.2 Å². The Kier molecular flexibility index (Phi) is 5.61. The number of nitrogens with zero attached hydrogens (tertiary/aromatic N) is 4. The molecule has 10 nitrogen and oxygen atoms in total. The third-order valence-corrected chi connectivity index (χ3v) is 3.93. The molecule has 28 heavy (non-hydrogen) atoms. The van der Waals surface area contributed by atoms with Crippen LogP contribution in [0.1, 0.15) is 16.1 Å². The SMILES string of the molecule is Cc1cc(Oc2ncnc(NNC(=O)c3ccccn3)c2[N+](=O)[O-])ccc1Cl. The lowest BCUT2D eigenvalue weighted by Crippen LogP contribution is -2.30. The molecule has 2 aromatic heterocycles. The summed E-state index contributed by atoms with van der Waals surface area (Å²) >= 11 is 5.97. The van der Waals surface area contributed by atoms with Crippen LogP contribution in [0.5, 0.6) is 11.6 Å². The molecule has 0 saturated carbocycles. The van der Waals surface area contributed by atoms with Crippen molar-refractivity contribution in [2.45, 2.75) is 6.92 Å². The first-order valence-corrected chi connectivity index (χ1v) is 8.24. The van der Waals surface area contributed by atoms with Crippen molar-refractivity contribution in [2.75, 3.05) is 5.43 Å². The molecule has 0 aliphatic heterocycles. The van der Waals surface area contributed by atoms with Crippen LogP contribution in [0.15, 0.2) is 48.9 Å². The van der Waals surface area contributed by atoms with E-state index in [2.05, 4.69) is 25.8 Å². The van der Waals surface area contributed by atoms with Crippen LogP contribution < -0.4 is 15.6 Å². The number of halogens is 1. The van der Waals surface area contributed by atoms with Crippen LogP contribution >= 0.6 is 11.6 Å². The molecule has 1 amide bonds. The van der Waals surface area contributed by atoms with Gasteiger partial charge in [0.25, 0.3) is 5.91 Å². The first-order valence-electron chi connectivity index (χ1n) is 7.86.